The number of hydrogen-bond donors (Lipinski definition) is 2. The van der Waals surface area contributed by atoms with Crippen molar-refractivity contribution in [1.82, 2.24) is 10.6 Å². The Hall–Kier alpha value is -3.15. The van der Waals surface area contributed by atoms with Crippen molar-refractivity contribution in [2.75, 3.05) is 7.05 Å². The maximum atomic E-state index is 12.2. The lowest BCUT2D eigenvalue weighted by molar-refractivity contribution is -0.115. The van der Waals surface area contributed by atoms with E-state index < -0.39 is 0 Å². The normalized spacial score (nSPS) is 15.0. The molecule has 3 aromatic carbocycles. The average molecular weight is 401 g/mol. The zero-order valence-electron chi connectivity index (χ0n) is 15.9. The van der Waals surface area contributed by atoms with Crippen LogP contribution in [0.3, 0.4) is 0 Å². The highest BCUT2D eigenvalue weighted by molar-refractivity contribution is 8.18. The Bertz CT molecular complexity index is 1090. The van der Waals surface area contributed by atoms with Crippen LogP contribution in [0, 0.1) is 0 Å². The number of benzene rings is 3. The first kappa shape index (κ1) is 19.2. The van der Waals surface area contributed by atoms with Crippen molar-refractivity contribution >= 4 is 29.0 Å². The molecule has 0 aliphatic carbocycles. The van der Waals surface area contributed by atoms with Crippen molar-refractivity contribution in [2.24, 2.45) is 0 Å². The maximum Gasteiger partial charge on any atom is 0.290 e. The van der Waals surface area contributed by atoms with Crippen LogP contribution in [0.4, 0.5) is 4.79 Å². The number of hydrogen-bond acceptors (Lipinski definition) is 4. The van der Waals surface area contributed by atoms with E-state index in [2.05, 4.69) is 47.0 Å². The highest BCUT2D eigenvalue weighted by Gasteiger charge is 2.26. The summed E-state index contributed by atoms with van der Waals surface area (Å²) in [6.07, 6.45) is 1.83. The van der Waals surface area contributed by atoms with Crippen LogP contribution in [0.25, 0.3) is 28.3 Å². The van der Waals surface area contributed by atoms with E-state index in [0.29, 0.717) is 11.4 Å². The Labute approximate surface area is 174 Å². The number of amides is 2. The van der Waals surface area contributed by atoms with Gasteiger partial charge >= 0.3 is 0 Å². The summed E-state index contributed by atoms with van der Waals surface area (Å²) in [5.74, 6) is -0.346. The summed E-state index contributed by atoms with van der Waals surface area (Å²) in [7, 11) is 1.90. The Morgan fingerprint density at radius 2 is 1.55 bits per heavy atom. The molecule has 0 aromatic heterocycles. The van der Waals surface area contributed by atoms with Crippen LogP contribution in [-0.4, -0.2) is 18.2 Å². The molecule has 4 rings (SSSR count). The van der Waals surface area contributed by atoms with Gasteiger partial charge in [-0.3, -0.25) is 14.9 Å². The number of rotatable bonds is 5. The quantitative estimate of drug-likeness (QED) is 0.588. The molecule has 5 heteroatoms. The molecule has 0 saturated carbocycles. The Kier molecular flexibility index (Phi) is 5.60. The van der Waals surface area contributed by atoms with Gasteiger partial charge in [0, 0.05) is 6.54 Å². The zero-order chi connectivity index (χ0) is 20.2. The molecule has 2 N–H and O–H groups in total. The maximum absolute atomic E-state index is 12.2. The van der Waals surface area contributed by atoms with E-state index in [0.717, 1.165) is 45.1 Å². The first-order valence-electron chi connectivity index (χ1n) is 9.33. The van der Waals surface area contributed by atoms with Gasteiger partial charge in [-0.1, -0.05) is 60.7 Å². The van der Waals surface area contributed by atoms with E-state index in [1.54, 1.807) is 0 Å². The predicted molar refractivity (Wildman–Crippen MR) is 119 cm³/mol. The predicted octanol–water partition coefficient (Wildman–Crippen LogP) is 5.06. The summed E-state index contributed by atoms with van der Waals surface area (Å²) in [6, 6.07) is 24.6. The molecule has 1 heterocycles. The van der Waals surface area contributed by atoms with Crippen LogP contribution < -0.4 is 10.6 Å². The van der Waals surface area contributed by atoms with Gasteiger partial charge in [0.25, 0.3) is 11.1 Å². The van der Waals surface area contributed by atoms with Crippen molar-refractivity contribution in [1.29, 1.82) is 0 Å². The van der Waals surface area contributed by atoms with Crippen molar-refractivity contribution in [3.63, 3.8) is 0 Å². The first-order valence-corrected chi connectivity index (χ1v) is 10.1. The number of carbonyl (C=O) groups excluding carboxylic acids is 2. The summed E-state index contributed by atoms with van der Waals surface area (Å²) in [5.41, 5.74) is 6.33. The van der Waals surface area contributed by atoms with Gasteiger partial charge < -0.3 is 5.32 Å². The molecule has 1 aliphatic rings. The van der Waals surface area contributed by atoms with E-state index >= 15 is 0 Å². The average Bonchev–Trinajstić information content (AvgIpc) is 3.07. The van der Waals surface area contributed by atoms with Crippen molar-refractivity contribution in [2.45, 2.75) is 6.54 Å². The van der Waals surface area contributed by atoms with Gasteiger partial charge in [-0.15, -0.1) is 0 Å². The second-order valence-electron chi connectivity index (χ2n) is 6.71. The Morgan fingerprint density at radius 1 is 0.897 bits per heavy atom. The standard InChI is InChI=1S/C24H20N2O2S/c1-25-15-19-12-18(16-8-4-2-5-9-16)13-20(17-10-6-3-7-11-17)21(19)14-22-23(27)26-24(28)29-22/h2-14,25H,15H2,1H3,(H,26,27,28). The van der Waals surface area contributed by atoms with Crippen LogP contribution in [-0.2, 0) is 11.3 Å². The second-order valence-corrected chi connectivity index (χ2v) is 7.73. The number of imide groups is 1. The van der Waals surface area contributed by atoms with Crippen molar-refractivity contribution in [3.05, 3.63) is 88.8 Å². The van der Waals surface area contributed by atoms with Gasteiger partial charge in [-0.05, 0) is 70.4 Å². The summed E-state index contributed by atoms with van der Waals surface area (Å²) in [5, 5.41) is 5.22. The topological polar surface area (TPSA) is 58.2 Å². The summed E-state index contributed by atoms with van der Waals surface area (Å²) in [6.45, 7) is 0.639. The van der Waals surface area contributed by atoms with Crippen molar-refractivity contribution < 1.29 is 9.59 Å². The Balaban J connectivity index is 1.96. The minimum Gasteiger partial charge on any atom is -0.316 e. The van der Waals surface area contributed by atoms with Gasteiger partial charge in [-0.2, -0.15) is 0 Å². The molecular weight excluding hydrogens is 380 g/mol. The molecule has 0 bridgehead atoms. The number of thioether (sulfide) groups is 1. The van der Waals surface area contributed by atoms with E-state index in [1.165, 1.54) is 0 Å². The van der Waals surface area contributed by atoms with Gasteiger partial charge in [-0.25, -0.2) is 0 Å². The molecule has 29 heavy (non-hydrogen) atoms. The smallest absolute Gasteiger partial charge is 0.290 e. The summed E-state index contributed by atoms with van der Waals surface area (Å²) in [4.78, 5) is 24.2. The highest BCUT2D eigenvalue weighted by atomic mass is 32.2. The van der Waals surface area contributed by atoms with Gasteiger partial charge in [0.1, 0.15) is 0 Å². The number of carbonyl (C=O) groups is 2. The first-order chi connectivity index (χ1) is 14.2. The fourth-order valence-corrected chi connectivity index (χ4v) is 4.09. The van der Waals surface area contributed by atoms with Crippen LogP contribution in [0.1, 0.15) is 11.1 Å². The van der Waals surface area contributed by atoms with E-state index in [4.69, 9.17) is 0 Å². The van der Waals surface area contributed by atoms with Crippen LogP contribution >= 0.6 is 11.8 Å². The lowest BCUT2D eigenvalue weighted by Gasteiger charge is -2.16. The molecular formula is C24H20N2O2S. The molecule has 0 radical (unpaired) electrons. The van der Waals surface area contributed by atoms with Gasteiger partial charge in [0.05, 0.1) is 4.91 Å². The molecule has 1 aliphatic heterocycles. The van der Waals surface area contributed by atoms with Gasteiger partial charge in [0.15, 0.2) is 0 Å². The Morgan fingerprint density at radius 3 is 2.14 bits per heavy atom. The molecule has 1 fully saturated rings. The zero-order valence-corrected chi connectivity index (χ0v) is 16.8. The van der Waals surface area contributed by atoms with Crippen molar-refractivity contribution in [3.8, 4) is 22.3 Å². The van der Waals surface area contributed by atoms with Gasteiger partial charge in [0.2, 0.25) is 0 Å². The van der Waals surface area contributed by atoms with E-state index in [9.17, 15) is 9.59 Å². The van der Waals surface area contributed by atoms with E-state index in [1.807, 2.05) is 49.5 Å². The molecule has 144 valence electrons. The molecule has 2 amide bonds. The van der Waals surface area contributed by atoms with Crippen LogP contribution in [0.15, 0.2) is 77.7 Å². The highest BCUT2D eigenvalue weighted by Crippen LogP contribution is 2.36. The minimum atomic E-state index is -0.346. The SMILES string of the molecule is CNCc1cc(-c2ccccc2)cc(-c2ccccc2)c1C=C1SC(=O)NC1=O. The summed E-state index contributed by atoms with van der Waals surface area (Å²) < 4.78 is 0. The lowest BCUT2D eigenvalue weighted by atomic mass is 9.90. The minimum absolute atomic E-state index is 0.335. The molecule has 4 nitrogen and oxygen atoms in total. The summed E-state index contributed by atoms with van der Waals surface area (Å²) >= 11 is 0.941. The van der Waals surface area contributed by atoms with Crippen LogP contribution in [0.5, 0.6) is 0 Å². The molecule has 0 atom stereocenters. The van der Waals surface area contributed by atoms with E-state index in [-0.39, 0.29) is 11.1 Å². The molecule has 1 saturated heterocycles. The third kappa shape index (κ3) is 4.16. The third-order valence-electron chi connectivity index (χ3n) is 4.74. The fourth-order valence-electron chi connectivity index (χ4n) is 3.43. The molecule has 3 aromatic rings. The largest absolute Gasteiger partial charge is 0.316 e. The van der Waals surface area contributed by atoms with Crippen LogP contribution in [0.2, 0.25) is 0 Å². The lowest BCUT2D eigenvalue weighted by Crippen LogP contribution is -2.18. The molecule has 0 spiro atoms. The fraction of sp³-hybridized carbons (Fsp3) is 0.0833. The third-order valence-corrected chi connectivity index (χ3v) is 5.55. The molecule has 0 unspecified atom stereocenters. The monoisotopic (exact) mass is 400 g/mol. The second kappa shape index (κ2) is 8.47. The number of nitrogens with one attached hydrogen (secondary N) is 2.